The van der Waals surface area contributed by atoms with Gasteiger partial charge in [0.1, 0.15) is 0 Å². The molecule has 16 heavy (non-hydrogen) atoms. The summed E-state index contributed by atoms with van der Waals surface area (Å²) in [6.45, 7) is 0. The van der Waals surface area contributed by atoms with E-state index in [-0.39, 0.29) is 66.0 Å². The quantitative estimate of drug-likeness (QED) is 0.301. The van der Waals surface area contributed by atoms with Crippen molar-refractivity contribution in [3.63, 3.8) is 0 Å². The van der Waals surface area contributed by atoms with E-state index < -0.39 is 23.5 Å². The van der Waals surface area contributed by atoms with Gasteiger partial charge in [0.25, 0.3) is 23.5 Å². The number of hydrogen-bond donors (Lipinski definition) is 1. The first-order chi connectivity index (χ1) is 5.12. The maximum absolute atomic E-state index is 10.2. The molecule has 0 aromatic heterocycles. The first kappa shape index (κ1) is 26.5. The van der Waals surface area contributed by atoms with Crippen molar-refractivity contribution in [1.29, 1.82) is 0 Å². The molecule has 8 N–H and O–H groups in total. The van der Waals surface area contributed by atoms with Gasteiger partial charge in [-0.2, -0.15) is 0 Å². The van der Waals surface area contributed by atoms with Crippen molar-refractivity contribution in [2.24, 2.45) is 0 Å². The Kier molecular flexibility index (Phi) is 13.5. The zero-order valence-electron chi connectivity index (χ0n) is 7.72. The van der Waals surface area contributed by atoms with Gasteiger partial charge in [-0.05, 0) is 0 Å². The number of phosphoric acid groups is 3. The van der Waals surface area contributed by atoms with Crippen molar-refractivity contribution in [2.75, 3.05) is 0 Å². The number of hydrogen-bond acceptors (Lipinski definition) is 9. The second kappa shape index (κ2) is 8.15. The van der Waals surface area contributed by atoms with Crippen molar-refractivity contribution in [2.45, 2.75) is 0 Å². The predicted octanol–water partition coefficient (Wildman–Crippen LogP) is -3.20. The fourth-order valence-electron chi connectivity index (χ4n) is 0.412. The summed E-state index contributed by atoms with van der Waals surface area (Å²) in [5.41, 5.74) is 0. The van der Waals surface area contributed by atoms with Crippen LogP contribution in [0.2, 0.25) is 0 Å². The maximum atomic E-state index is 10.2. The Bertz CT molecular complexity index is 266. The minimum atomic E-state index is -5.36. The van der Waals surface area contributed by atoms with Crippen LogP contribution in [0.4, 0.5) is 0 Å². The van der Waals surface area contributed by atoms with Crippen LogP contribution in [0.15, 0.2) is 0 Å². The van der Waals surface area contributed by atoms with E-state index in [0.29, 0.717) is 0 Å². The molecular weight excluding hydrogens is 420 g/mol. The molecule has 12 nitrogen and oxygen atoms in total. The van der Waals surface area contributed by atoms with Crippen LogP contribution in [-0.4, -0.2) is 59.8 Å². The summed E-state index contributed by atoms with van der Waals surface area (Å²) < 4.78 is 40.3. The molecule has 16 heteroatoms. The third-order valence-corrected chi connectivity index (χ3v) is 5.40. The Balaban J connectivity index is -0.000000180. The van der Waals surface area contributed by atoms with Crippen molar-refractivity contribution in [1.82, 2.24) is 6.15 Å². The predicted molar refractivity (Wildman–Crippen MR) is 45.0 cm³/mol. The van der Waals surface area contributed by atoms with Gasteiger partial charge >= 0.3 is 48.9 Å². The van der Waals surface area contributed by atoms with Gasteiger partial charge < -0.3 is 31.8 Å². The second-order valence-electron chi connectivity index (χ2n) is 1.59. The SMILES string of the molecule is O.O.O=P1([O-])OP(=O)([O-])OP(=O)([O-])O1.[Ba+2].[NH4+]. The molecule has 0 aliphatic carbocycles. The molecule has 1 aliphatic rings. The molecular formula is H8BaNO11P3. The van der Waals surface area contributed by atoms with Crippen molar-refractivity contribution in [3.05, 3.63) is 0 Å². The van der Waals surface area contributed by atoms with Gasteiger partial charge in [-0.25, -0.2) is 12.9 Å². The second-order valence-corrected chi connectivity index (χ2v) is 6.23. The monoisotopic (exact) mass is 429 g/mol. The van der Waals surface area contributed by atoms with Gasteiger partial charge in [-0.3, -0.25) is 13.7 Å². The summed E-state index contributed by atoms with van der Waals surface area (Å²) in [5, 5.41) is 0. The van der Waals surface area contributed by atoms with Gasteiger partial charge in [0.2, 0.25) is 0 Å². The minimum Gasteiger partial charge on any atom is -0.756 e. The molecule has 1 rings (SSSR count). The molecule has 0 aromatic carbocycles. The van der Waals surface area contributed by atoms with E-state index in [1.165, 1.54) is 0 Å². The molecule has 0 spiro atoms. The smallest absolute Gasteiger partial charge is 0.756 e. The van der Waals surface area contributed by atoms with E-state index >= 15 is 0 Å². The normalized spacial score (nSPS) is 41.4. The summed E-state index contributed by atoms with van der Waals surface area (Å²) in [6, 6.07) is 0. The topological polar surface area (TPSA) is 248 Å². The Labute approximate surface area is 129 Å². The Morgan fingerprint density at radius 2 is 0.812 bits per heavy atom. The Morgan fingerprint density at radius 3 is 0.938 bits per heavy atom. The molecule has 1 aliphatic heterocycles. The van der Waals surface area contributed by atoms with Crippen LogP contribution in [0.25, 0.3) is 0 Å². The summed E-state index contributed by atoms with van der Waals surface area (Å²) in [6.07, 6.45) is 0. The van der Waals surface area contributed by atoms with Crippen molar-refractivity contribution in [3.8, 4) is 0 Å². The van der Waals surface area contributed by atoms with Gasteiger partial charge in [0.05, 0.1) is 0 Å². The third-order valence-electron chi connectivity index (χ3n) is 0.600. The molecule has 0 aromatic rings. The third kappa shape index (κ3) is 8.92. The van der Waals surface area contributed by atoms with E-state index in [1.807, 2.05) is 0 Å². The van der Waals surface area contributed by atoms with Crippen LogP contribution in [0.3, 0.4) is 0 Å². The average molecular weight is 428 g/mol. The van der Waals surface area contributed by atoms with Crippen LogP contribution in [0, 0.1) is 0 Å². The van der Waals surface area contributed by atoms with Crippen LogP contribution >= 0.6 is 23.5 Å². The van der Waals surface area contributed by atoms with Gasteiger partial charge in [0, 0.05) is 0 Å². The first-order valence-electron chi connectivity index (χ1n) is 2.19. The largest absolute Gasteiger partial charge is 2.00 e. The van der Waals surface area contributed by atoms with Gasteiger partial charge in [-0.15, -0.1) is 0 Å². The molecule has 0 saturated carbocycles. The first-order valence-corrected chi connectivity index (χ1v) is 6.57. The van der Waals surface area contributed by atoms with Crippen LogP contribution in [0.1, 0.15) is 0 Å². The summed E-state index contributed by atoms with van der Waals surface area (Å²) in [7, 11) is -16.1. The zero-order chi connectivity index (χ0) is 9.62. The number of rotatable bonds is 0. The van der Waals surface area contributed by atoms with E-state index in [1.54, 1.807) is 0 Å². The Morgan fingerprint density at radius 1 is 0.688 bits per heavy atom. The molecule has 0 atom stereocenters. The molecule has 0 amide bonds. The van der Waals surface area contributed by atoms with E-state index in [0.717, 1.165) is 0 Å². The van der Waals surface area contributed by atoms with Crippen LogP contribution in [0.5, 0.6) is 0 Å². The molecule has 1 saturated heterocycles. The molecule has 0 unspecified atom stereocenters. The summed E-state index contributed by atoms with van der Waals surface area (Å²) >= 11 is 0. The van der Waals surface area contributed by atoms with Gasteiger partial charge in [0.15, 0.2) is 0 Å². The summed E-state index contributed by atoms with van der Waals surface area (Å²) in [5.74, 6) is 0. The standard InChI is InChI=1S/Ba.H3N.H3O9P3.2H2O/c;;1-10(2)7-11(3,4)9-12(5,6)8-10;;/h;1H3;(H,1,2)(H,3,4)(H,5,6);2*1H2/q+2;;;;/p-2. The van der Waals surface area contributed by atoms with Crippen molar-refractivity contribution < 1.29 is 52.3 Å². The van der Waals surface area contributed by atoms with Crippen LogP contribution < -0.4 is 20.8 Å². The van der Waals surface area contributed by atoms with Gasteiger partial charge in [-0.1, -0.05) is 0 Å². The molecule has 1 heterocycles. The molecule has 0 bridgehead atoms. The number of quaternary nitrogens is 1. The minimum absolute atomic E-state index is 0. The van der Waals surface area contributed by atoms with E-state index in [9.17, 15) is 28.4 Å². The molecule has 1 fully saturated rings. The Hall–Kier alpha value is 1.90. The van der Waals surface area contributed by atoms with E-state index in [2.05, 4.69) is 12.9 Å². The zero-order valence-corrected chi connectivity index (χ0v) is 14.8. The molecule has 96 valence electrons. The van der Waals surface area contributed by atoms with Crippen LogP contribution in [-0.2, 0) is 26.6 Å². The van der Waals surface area contributed by atoms with E-state index in [4.69, 9.17) is 0 Å². The average Bonchev–Trinajstić information content (AvgIpc) is 1.44. The maximum Gasteiger partial charge on any atom is 2.00 e. The summed E-state index contributed by atoms with van der Waals surface area (Å²) in [4.78, 5) is 30.7. The fourth-order valence-corrected chi connectivity index (χ4v) is 4.51. The fraction of sp³-hybridized carbons (Fsp3) is 0. The van der Waals surface area contributed by atoms with Crippen molar-refractivity contribution >= 4 is 72.3 Å². The molecule has 0 radical (unpaired) electrons.